The van der Waals surface area contributed by atoms with E-state index >= 15 is 0 Å². The molecule has 1 amide bonds. The molecule has 2 aromatic rings. The predicted octanol–water partition coefficient (Wildman–Crippen LogP) is 3.55. The highest BCUT2D eigenvalue weighted by molar-refractivity contribution is 14.1. The van der Waals surface area contributed by atoms with Crippen molar-refractivity contribution in [1.82, 2.24) is 4.98 Å². The van der Waals surface area contributed by atoms with Gasteiger partial charge in [-0.15, -0.1) is 0 Å². The highest BCUT2D eigenvalue weighted by atomic mass is 127. The Balaban J connectivity index is 2.50. The van der Waals surface area contributed by atoms with Gasteiger partial charge < -0.3 is 20.2 Å². The normalized spacial score (nSPS) is 10.5. The van der Waals surface area contributed by atoms with Crippen LogP contribution in [-0.2, 0) is 17.8 Å². The minimum Gasteiger partial charge on any atom is -0.456 e. The second-order valence-corrected chi connectivity index (χ2v) is 6.52. The van der Waals surface area contributed by atoms with Crippen molar-refractivity contribution >= 4 is 28.7 Å². The third-order valence-electron chi connectivity index (χ3n) is 3.43. The molecule has 1 heterocycles. The molecule has 7 heteroatoms. The summed E-state index contributed by atoms with van der Waals surface area (Å²) in [6, 6.07) is 5.86. The molecule has 0 radical (unpaired) electrons. The second kappa shape index (κ2) is 7.69. The maximum Gasteiger partial charge on any atom is 0.404 e. The van der Waals surface area contributed by atoms with Gasteiger partial charge in [-0.25, -0.2) is 4.79 Å². The van der Waals surface area contributed by atoms with Crippen LogP contribution in [0.2, 0.25) is 0 Å². The predicted molar refractivity (Wildman–Crippen MR) is 99.5 cm³/mol. The summed E-state index contributed by atoms with van der Waals surface area (Å²) in [6.07, 6.45) is -0.294. The van der Waals surface area contributed by atoms with Crippen LogP contribution in [0.1, 0.15) is 29.3 Å². The summed E-state index contributed by atoms with van der Waals surface area (Å²) in [5.74, 6) is 1.14. The Kier molecular flexibility index (Phi) is 5.87. The summed E-state index contributed by atoms with van der Waals surface area (Å²) < 4.78 is 11.3. The van der Waals surface area contributed by atoms with Crippen LogP contribution in [0, 0.1) is 17.4 Å². The number of nitrogens with two attached hydrogens (primary N) is 1. The first-order valence-electron chi connectivity index (χ1n) is 7.43. The number of amides is 1. The topological polar surface area (TPSA) is 94.4 Å². The van der Waals surface area contributed by atoms with Crippen molar-refractivity contribution in [3.63, 3.8) is 0 Å². The third kappa shape index (κ3) is 4.28. The van der Waals surface area contributed by atoms with Gasteiger partial charge in [-0.3, -0.25) is 4.79 Å². The van der Waals surface area contributed by atoms with Gasteiger partial charge in [-0.2, -0.15) is 0 Å². The van der Waals surface area contributed by atoms with E-state index in [1.165, 1.54) is 0 Å². The molecule has 0 unspecified atom stereocenters. The summed E-state index contributed by atoms with van der Waals surface area (Å²) >= 11 is 1.96. The molecule has 0 aliphatic carbocycles. The number of nitrogens with one attached hydrogen (secondary N) is 1. The highest BCUT2D eigenvalue weighted by Crippen LogP contribution is 2.31. The summed E-state index contributed by atoms with van der Waals surface area (Å²) in [5.41, 5.74) is 8.12. The zero-order valence-corrected chi connectivity index (χ0v) is 15.9. The van der Waals surface area contributed by atoms with Gasteiger partial charge in [0, 0.05) is 5.56 Å². The Morgan fingerprint density at radius 2 is 1.88 bits per heavy atom. The summed E-state index contributed by atoms with van der Waals surface area (Å²) in [7, 11) is 0. The van der Waals surface area contributed by atoms with E-state index in [9.17, 15) is 9.59 Å². The summed E-state index contributed by atoms with van der Waals surface area (Å²) in [6.45, 7) is 5.80. The average molecular weight is 442 g/mol. The number of hydrogen-bond donors (Lipinski definition) is 2. The van der Waals surface area contributed by atoms with E-state index in [2.05, 4.69) is 4.98 Å². The number of ether oxygens (including phenoxy) is 2. The second-order valence-electron chi connectivity index (χ2n) is 5.44. The monoisotopic (exact) mass is 442 g/mol. The molecule has 0 spiro atoms. The molecule has 1 aromatic carbocycles. The van der Waals surface area contributed by atoms with Crippen LogP contribution in [0.5, 0.6) is 11.5 Å². The Bertz CT molecular complexity index is 810. The van der Waals surface area contributed by atoms with Crippen molar-refractivity contribution in [2.75, 3.05) is 0 Å². The van der Waals surface area contributed by atoms with Crippen molar-refractivity contribution in [1.29, 1.82) is 0 Å². The number of halogens is 1. The molecule has 1 aromatic heterocycles. The first-order chi connectivity index (χ1) is 11.3. The number of pyridine rings is 1. The lowest BCUT2D eigenvalue weighted by atomic mass is 10.1. The number of hydrogen-bond acceptors (Lipinski definition) is 4. The van der Waals surface area contributed by atoms with Crippen LogP contribution in [0.15, 0.2) is 23.0 Å². The Morgan fingerprint density at radius 1 is 1.25 bits per heavy atom. The van der Waals surface area contributed by atoms with Crippen molar-refractivity contribution in [2.45, 2.75) is 33.8 Å². The number of aromatic nitrogens is 1. The maximum atomic E-state index is 12.2. The minimum absolute atomic E-state index is 0.103. The average Bonchev–Trinajstić information content (AvgIpc) is 2.49. The lowest BCUT2D eigenvalue weighted by Crippen LogP contribution is -2.20. The number of aromatic amines is 1. The van der Waals surface area contributed by atoms with Gasteiger partial charge in [0.2, 0.25) is 0 Å². The number of rotatable bonds is 5. The van der Waals surface area contributed by atoms with E-state index in [4.69, 9.17) is 15.2 Å². The minimum atomic E-state index is -0.895. The standard InChI is InChI=1S/C17H19IN2O4/c1-4-12-13(8-23-17(19)22)20-16(21)14(18)15(12)24-11-6-9(2)5-10(3)7-11/h5-7H,4,8H2,1-3H3,(H2,19,22)(H,20,21). The van der Waals surface area contributed by atoms with E-state index in [0.717, 1.165) is 16.7 Å². The Morgan fingerprint density at radius 3 is 2.42 bits per heavy atom. The molecule has 0 saturated carbocycles. The first kappa shape index (κ1) is 18.3. The molecule has 128 valence electrons. The van der Waals surface area contributed by atoms with Crippen LogP contribution in [-0.4, -0.2) is 11.1 Å². The number of carbonyl (C=O) groups is 1. The van der Waals surface area contributed by atoms with Gasteiger partial charge >= 0.3 is 6.09 Å². The molecule has 0 bridgehead atoms. The molecule has 0 atom stereocenters. The molecule has 2 rings (SSSR count). The fourth-order valence-corrected chi connectivity index (χ4v) is 3.07. The maximum absolute atomic E-state index is 12.2. The van der Waals surface area contributed by atoms with Crippen LogP contribution in [0.25, 0.3) is 0 Å². The number of carbonyl (C=O) groups excluding carboxylic acids is 1. The lowest BCUT2D eigenvalue weighted by molar-refractivity contribution is 0.148. The smallest absolute Gasteiger partial charge is 0.404 e. The van der Waals surface area contributed by atoms with Crippen molar-refractivity contribution in [2.24, 2.45) is 5.73 Å². The van der Waals surface area contributed by atoms with E-state index in [0.29, 0.717) is 27.2 Å². The summed E-state index contributed by atoms with van der Waals surface area (Å²) in [4.78, 5) is 25.8. The molecule has 24 heavy (non-hydrogen) atoms. The van der Waals surface area contributed by atoms with Gasteiger partial charge in [0.25, 0.3) is 5.56 Å². The van der Waals surface area contributed by atoms with E-state index < -0.39 is 6.09 Å². The molecular weight excluding hydrogens is 423 g/mol. The molecule has 0 fully saturated rings. The van der Waals surface area contributed by atoms with E-state index in [1.54, 1.807) is 0 Å². The third-order valence-corrected chi connectivity index (χ3v) is 4.41. The van der Waals surface area contributed by atoms with Gasteiger partial charge in [0.1, 0.15) is 15.9 Å². The van der Waals surface area contributed by atoms with Gasteiger partial charge in [-0.1, -0.05) is 13.0 Å². The van der Waals surface area contributed by atoms with Crippen LogP contribution in [0.3, 0.4) is 0 Å². The van der Waals surface area contributed by atoms with Crippen molar-refractivity contribution < 1.29 is 14.3 Å². The fourth-order valence-electron chi connectivity index (χ4n) is 2.50. The van der Waals surface area contributed by atoms with Crippen molar-refractivity contribution in [3.8, 4) is 11.5 Å². The zero-order valence-electron chi connectivity index (χ0n) is 13.7. The van der Waals surface area contributed by atoms with Gasteiger partial charge in [-0.05, 0) is 66.1 Å². The summed E-state index contributed by atoms with van der Waals surface area (Å²) in [5, 5.41) is 0. The number of primary amides is 1. The SMILES string of the molecule is CCc1c(COC(N)=O)[nH]c(=O)c(I)c1Oc1cc(C)cc(C)c1. The fraction of sp³-hybridized carbons (Fsp3) is 0.294. The molecule has 0 aliphatic heterocycles. The zero-order chi connectivity index (χ0) is 17.9. The molecule has 0 saturated heterocycles. The van der Waals surface area contributed by atoms with Crippen molar-refractivity contribution in [3.05, 3.63) is 54.5 Å². The largest absolute Gasteiger partial charge is 0.456 e. The molecular formula is C17H19IN2O4. The van der Waals surface area contributed by atoms with Gasteiger partial charge in [0.05, 0.1) is 5.69 Å². The number of aryl methyl sites for hydroxylation is 2. The highest BCUT2D eigenvalue weighted by Gasteiger charge is 2.18. The Labute approximate surface area is 153 Å². The lowest BCUT2D eigenvalue weighted by Gasteiger charge is -2.16. The number of benzene rings is 1. The molecule has 6 nitrogen and oxygen atoms in total. The van der Waals surface area contributed by atoms with E-state index in [-0.39, 0.29) is 12.2 Å². The van der Waals surface area contributed by atoms with Crippen LogP contribution >= 0.6 is 22.6 Å². The molecule has 0 aliphatic rings. The Hall–Kier alpha value is -2.03. The first-order valence-corrected chi connectivity index (χ1v) is 8.51. The quantitative estimate of drug-likeness (QED) is 0.693. The number of H-pyrrole nitrogens is 1. The van der Waals surface area contributed by atoms with Crippen LogP contribution in [0.4, 0.5) is 4.79 Å². The molecule has 3 N–H and O–H groups in total. The van der Waals surface area contributed by atoms with Gasteiger partial charge in [0.15, 0.2) is 5.75 Å². The van der Waals surface area contributed by atoms with E-state index in [1.807, 2.05) is 61.6 Å². The van der Waals surface area contributed by atoms with Crippen LogP contribution < -0.4 is 16.0 Å².